The molecule has 0 radical (unpaired) electrons. The number of hydrogen-bond acceptors (Lipinski definition) is 3. The van der Waals surface area contributed by atoms with Gasteiger partial charge in [-0.3, -0.25) is 0 Å². The minimum atomic E-state index is -0.359. The Balaban J connectivity index is 0. The van der Waals surface area contributed by atoms with Crippen LogP contribution >= 0.6 is 0 Å². The Morgan fingerprint density at radius 2 is 2.18 bits per heavy atom. The van der Waals surface area contributed by atoms with E-state index < -0.39 is 0 Å². The number of rotatable bonds is 4. The molecule has 0 atom stereocenters. The van der Waals surface area contributed by atoms with Crippen LogP contribution in [0.1, 0.15) is 7.43 Å². The van der Waals surface area contributed by atoms with Crippen molar-refractivity contribution in [2.45, 2.75) is 7.43 Å². The van der Waals surface area contributed by atoms with E-state index in [1.807, 2.05) is 19.0 Å². The predicted molar refractivity (Wildman–Crippen MR) is 46.4 cm³/mol. The molecule has 66 valence electrons. The van der Waals surface area contributed by atoms with Crippen LogP contribution in [-0.4, -0.2) is 38.1 Å². The van der Waals surface area contributed by atoms with E-state index in [1.165, 1.54) is 0 Å². The summed E-state index contributed by atoms with van der Waals surface area (Å²) >= 11 is 0. The van der Waals surface area contributed by atoms with Crippen molar-refractivity contribution in [3.05, 3.63) is 12.7 Å². The Labute approximate surface area is 68.6 Å². The van der Waals surface area contributed by atoms with Crippen LogP contribution in [0.15, 0.2) is 12.7 Å². The van der Waals surface area contributed by atoms with E-state index in [9.17, 15) is 4.79 Å². The molecule has 0 saturated heterocycles. The summed E-state index contributed by atoms with van der Waals surface area (Å²) in [6, 6.07) is 0. The van der Waals surface area contributed by atoms with Crippen LogP contribution in [-0.2, 0) is 9.53 Å². The van der Waals surface area contributed by atoms with Crippen LogP contribution in [0.2, 0.25) is 0 Å². The standard InChI is InChI=1S/C7H13NO2.CH4/c1-4-7(9)10-6-5-8(2)3;/h4H,1,5-6H2,2-3H3;1H4. The summed E-state index contributed by atoms with van der Waals surface area (Å²) in [6.07, 6.45) is 1.16. The number of carbonyl (C=O) groups is 1. The van der Waals surface area contributed by atoms with Gasteiger partial charge in [-0.2, -0.15) is 0 Å². The third kappa shape index (κ3) is 9.17. The molecule has 0 aromatic rings. The number of esters is 1. The average Bonchev–Trinajstić information content (AvgIpc) is 1.87. The largest absolute Gasteiger partial charge is 0.461 e. The van der Waals surface area contributed by atoms with Crippen molar-refractivity contribution < 1.29 is 9.53 Å². The van der Waals surface area contributed by atoms with E-state index in [0.29, 0.717) is 6.61 Å². The van der Waals surface area contributed by atoms with Gasteiger partial charge in [0.05, 0.1) is 0 Å². The first-order valence-electron chi connectivity index (χ1n) is 3.10. The zero-order valence-electron chi connectivity index (χ0n) is 6.46. The molecule has 0 bridgehead atoms. The minimum absolute atomic E-state index is 0. The molecule has 0 rings (SSSR count). The topological polar surface area (TPSA) is 29.5 Å². The van der Waals surface area contributed by atoms with Crippen LogP contribution < -0.4 is 0 Å². The zero-order chi connectivity index (χ0) is 7.98. The van der Waals surface area contributed by atoms with Gasteiger partial charge < -0.3 is 9.64 Å². The molecule has 0 aromatic heterocycles. The summed E-state index contributed by atoms with van der Waals surface area (Å²) in [6.45, 7) is 4.45. The average molecular weight is 159 g/mol. The lowest BCUT2D eigenvalue weighted by molar-refractivity contribution is -0.137. The first-order valence-corrected chi connectivity index (χ1v) is 3.10. The SMILES string of the molecule is C.C=CC(=O)OCCN(C)C. The first kappa shape index (κ1) is 12.8. The van der Waals surface area contributed by atoms with Crippen LogP contribution in [0, 0.1) is 0 Å². The van der Waals surface area contributed by atoms with Gasteiger partial charge in [-0.1, -0.05) is 14.0 Å². The van der Waals surface area contributed by atoms with Gasteiger partial charge in [0.15, 0.2) is 0 Å². The van der Waals surface area contributed by atoms with Gasteiger partial charge in [0.1, 0.15) is 6.61 Å². The van der Waals surface area contributed by atoms with E-state index in [2.05, 4.69) is 6.58 Å². The second-order valence-corrected chi connectivity index (χ2v) is 2.17. The van der Waals surface area contributed by atoms with Crippen molar-refractivity contribution in [2.24, 2.45) is 0 Å². The van der Waals surface area contributed by atoms with Gasteiger partial charge in [-0.05, 0) is 14.1 Å². The minimum Gasteiger partial charge on any atom is -0.461 e. The smallest absolute Gasteiger partial charge is 0.330 e. The van der Waals surface area contributed by atoms with Crippen molar-refractivity contribution in [3.8, 4) is 0 Å². The van der Waals surface area contributed by atoms with Crippen molar-refractivity contribution in [3.63, 3.8) is 0 Å². The maximum Gasteiger partial charge on any atom is 0.330 e. The van der Waals surface area contributed by atoms with Crippen LogP contribution in [0.5, 0.6) is 0 Å². The van der Waals surface area contributed by atoms with E-state index in [4.69, 9.17) is 4.74 Å². The van der Waals surface area contributed by atoms with Crippen molar-refractivity contribution in [1.82, 2.24) is 4.90 Å². The Kier molecular flexibility index (Phi) is 8.48. The molecular formula is C8H17NO2. The highest BCUT2D eigenvalue weighted by molar-refractivity contribution is 5.81. The molecular weight excluding hydrogens is 142 g/mol. The first-order chi connectivity index (χ1) is 4.66. The normalized spacial score (nSPS) is 8.64. The molecule has 0 heterocycles. The van der Waals surface area contributed by atoms with E-state index in [0.717, 1.165) is 12.6 Å². The van der Waals surface area contributed by atoms with E-state index >= 15 is 0 Å². The van der Waals surface area contributed by atoms with Crippen molar-refractivity contribution in [2.75, 3.05) is 27.2 Å². The van der Waals surface area contributed by atoms with Gasteiger partial charge in [0, 0.05) is 12.6 Å². The highest BCUT2D eigenvalue weighted by atomic mass is 16.5. The van der Waals surface area contributed by atoms with Crippen LogP contribution in [0.4, 0.5) is 0 Å². The number of likely N-dealkylation sites (N-methyl/N-ethyl adjacent to an activating group) is 1. The summed E-state index contributed by atoms with van der Waals surface area (Å²) in [4.78, 5) is 12.4. The molecule has 11 heavy (non-hydrogen) atoms. The molecule has 0 aliphatic carbocycles. The summed E-state index contributed by atoms with van der Waals surface area (Å²) in [5, 5.41) is 0. The fourth-order valence-corrected chi connectivity index (χ4v) is 0.388. The Morgan fingerprint density at radius 3 is 2.55 bits per heavy atom. The Morgan fingerprint density at radius 1 is 1.64 bits per heavy atom. The molecule has 0 unspecified atom stereocenters. The van der Waals surface area contributed by atoms with Gasteiger partial charge in [-0.25, -0.2) is 4.79 Å². The Bertz CT molecular complexity index is 121. The highest BCUT2D eigenvalue weighted by Gasteiger charge is 1.94. The van der Waals surface area contributed by atoms with Crippen molar-refractivity contribution >= 4 is 5.97 Å². The third-order valence-corrected chi connectivity index (χ3v) is 0.949. The predicted octanol–water partition coefficient (Wildman–Crippen LogP) is 0.913. The summed E-state index contributed by atoms with van der Waals surface area (Å²) < 4.78 is 4.70. The molecule has 3 nitrogen and oxygen atoms in total. The maximum absolute atomic E-state index is 10.4. The van der Waals surface area contributed by atoms with Gasteiger partial charge in [0.25, 0.3) is 0 Å². The second kappa shape index (κ2) is 7.28. The molecule has 0 aromatic carbocycles. The number of nitrogens with zero attached hydrogens (tertiary/aromatic N) is 1. The monoisotopic (exact) mass is 159 g/mol. The van der Waals surface area contributed by atoms with Crippen LogP contribution in [0.3, 0.4) is 0 Å². The quantitative estimate of drug-likeness (QED) is 0.451. The molecule has 0 saturated carbocycles. The van der Waals surface area contributed by atoms with Crippen LogP contribution in [0.25, 0.3) is 0 Å². The maximum atomic E-state index is 10.4. The molecule has 0 fully saturated rings. The van der Waals surface area contributed by atoms with Gasteiger partial charge >= 0.3 is 5.97 Å². The molecule has 0 N–H and O–H groups in total. The van der Waals surface area contributed by atoms with Crippen molar-refractivity contribution in [1.29, 1.82) is 0 Å². The van der Waals surface area contributed by atoms with Gasteiger partial charge in [-0.15, -0.1) is 0 Å². The van der Waals surface area contributed by atoms with E-state index in [1.54, 1.807) is 0 Å². The lowest BCUT2D eigenvalue weighted by Crippen LogP contribution is -2.19. The molecule has 0 aliphatic heterocycles. The van der Waals surface area contributed by atoms with Gasteiger partial charge in [0.2, 0.25) is 0 Å². The second-order valence-electron chi connectivity index (χ2n) is 2.17. The number of ether oxygens (including phenoxy) is 1. The number of carbonyl (C=O) groups excluding carboxylic acids is 1. The molecule has 0 aliphatic rings. The fraction of sp³-hybridized carbons (Fsp3) is 0.625. The summed E-state index contributed by atoms with van der Waals surface area (Å²) in [5.74, 6) is -0.359. The number of hydrogen-bond donors (Lipinski definition) is 0. The lowest BCUT2D eigenvalue weighted by Gasteiger charge is -2.07. The molecule has 0 spiro atoms. The molecule has 3 heteroatoms. The highest BCUT2D eigenvalue weighted by Crippen LogP contribution is 1.80. The summed E-state index contributed by atoms with van der Waals surface area (Å²) in [7, 11) is 3.84. The lowest BCUT2D eigenvalue weighted by atomic mass is 10.6. The molecule has 0 amide bonds. The Hall–Kier alpha value is -0.830. The third-order valence-electron chi connectivity index (χ3n) is 0.949. The zero-order valence-corrected chi connectivity index (χ0v) is 6.46. The summed E-state index contributed by atoms with van der Waals surface area (Å²) in [5.41, 5.74) is 0. The van der Waals surface area contributed by atoms with E-state index in [-0.39, 0.29) is 13.4 Å². The fourth-order valence-electron chi connectivity index (χ4n) is 0.388.